The van der Waals surface area contributed by atoms with Gasteiger partial charge in [-0.2, -0.15) is 4.99 Å². The van der Waals surface area contributed by atoms with E-state index in [2.05, 4.69) is 4.99 Å². The molecule has 0 unspecified atom stereocenters. The lowest BCUT2D eigenvalue weighted by molar-refractivity contribution is 0.306. The number of benzene rings is 2. The van der Waals surface area contributed by atoms with E-state index in [-0.39, 0.29) is 0 Å². The van der Waals surface area contributed by atoms with Crippen LogP contribution in [0.25, 0.3) is 0 Å². The smallest absolute Gasteiger partial charge is 0.240 e. The van der Waals surface area contributed by atoms with Crippen LogP contribution in [0.3, 0.4) is 0 Å². The van der Waals surface area contributed by atoms with E-state index >= 15 is 0 Å². The molecule has 0 spiro atoms. The predicted molar refractivity (Wildman–Crippen MR) is 69.7 cm³/mol. The quantitative estimate of drug-likeness (QED) is 0.604. The molecule has 0 saturated heterocycles. The maximum absolute atomic E-state index is 10.2. The summed E-state index contributed by atoms with van der Waals surface area (Å²) in [5.74, 6) is 0.765. The molecule has 2 aromatic rings. The van der Waals surface area contributed by atoms with Gasteiger partial charge in [0.2, 0.25) is 6.08 Å². The molecule has 2 rings (SSSR count). The van der Waals surface area contributed by atoms with Crippen LogP contribution in [-0.4, -0.2) is 6.08 Å². The van der Waals surface area contributed by atoms with Crippen LogP contribution in [0, 0.1) is 6.92 Å². The van der Waals surface area contributed by atoms with Gasteiger partial charge in [0.1, 0.15) is 12.4 Å². The third-order valence-corrected chi connectivity index (χ3v) is 2.58. The monoisotopic (exact) mass is 239 g/mol. The number of hydrogen-bond acceptors (Lipinski definition) is 3. The standard InChI is InChI=1S/C15H13NO2/c1-12-9-14(7-8-15(12)16-11-17)18-10-13-5-3-2-4-6-13/h2-9H,10H2,1H3. The lowest BCUT2D eigenvalue weighted by atomic mass is 10.2. The number of hydrogen-bond donors (Lipinski definition) is 0. The second-order valence-electron chi connectivity index (χ2n) is 3.93. The van der Waals surface area contributed by atoms with Gasteiger partial charge in [-0.25, -0.2) is 4.79 Å². The molecule has 0 fully saturated rings. The number of carbonyl (C=O) groups excluding carboxylic acids is 1. The van der Waals surface area contributed by atoms with Crippen molar-refractivity contribution in [1.29, 1.82) is 0 Å². The maximum atomic E-state index is 10.2. The first kappa shape index (κ1) is 12.1. The summed E-state index contributed by atoms with van der Waals surface area (Å²) >= 11 is 0. The Morgan fingerprint density at radius 2 is 1.94 bits per heavy atom. The van der Waals surface area contributed by atoms with Crippen molar-refractivity contribution in [2.75, 3.05) is 0 Å². The minimum Gasteiger partial charge on any atom is -0.489 e. The van der Waals surface area contributed by atoms with E-state index in [0.717, 1.165) is 16.9 Å². The Kier molecular flexibility index (Phi) is 3.90. The summed E-state index contributed by atoms with van der Waals surface area (Å²) in [6, 6.07) is 15.4. The Morgan fingerprint density at radius 1 is 1.17 bits per heavy atom. The van der Waals surface area contributed by atoms with Crippen molar-refractivity contribution in [3.8, 4) is 5.75 Å². The molecule has 90 valence electrons. The normalized spacial score (nSPS) is 9.61. The first-order valence-electron chi connectivity index (χ1n) is 5.65. The molecule has 0 aliphatic heterocycles. The largest absolute Gasteiger partial charge is 0.489 e. The van der Waals surface area contributed by atoms with Crippen molar-refractivity contribution in [1.82, 2.24) is 0 Å². The van der Waals surface area contributed by atoms with Crippen LogP contribution in [0.2, 0.25) is 0 Å². The summed E-state index contributed by atoms with van der Waals surface area (Å²) in [6.07, 6.45) is 1.54. The van der Waals surface area contributed by atoms with Gasteiger partial charge < -0.3 is 4.74 Å². The first-order chi connectivity index (χ1) is 8.79. The fraction of sp³-hybridized carbons (Fsp3) is 0.133. The van der Waals surface area contributed by atoms with Crippen LogP contribution in [0.1, 0.15) is 11.1 Å². The lowest BCUT2D eigenvalue weighted by Gasteiger charge is -2.07. The highest BCUT2D eigenvalue weighted by molar-refractivity contribution is 5.55. The molecule has 2 aromatic carbocycles. The molecule has 3 heteroatoms. The van der Waals surface area contributed by atoms with Gasteiger partial charge in [0.15, 0.2) is 0 Å². The first-order valence-corrected chi connectivity index (χ1v) is 5.65. The van der Waals surface area contributed by atoms with Gasteiger partial charge in [0.05, 0.1) is 5.69 Å². The average molecular weight is 239 g/mol. The van der Waals surface area contributed by atoms with E-state index in [4.69, 9.17) is 4.74 Å². The van der Waals surface area contributed by atoms with Crippen LogP contribution in [0.5, 0.6) is 5.75 Å². The van der Waals surface area contributed by atoms with E-state index < -0.39 is 0 Å². The Balaban J connectivity index is 2.07. The van der Waals surface area contributed by atoms with Gasteiger partial charge in [-0.3, -0.25) is 0 Å². The maximum Gasteiger partial charge on any atom is 0.240 e. The van der Waals surface area contributed by atoms with Crippen LogP contribution >= 0.6 is 0 Å². The summed E-state index contributed by atoms with van der Waals surface area (Å²) in [6.45, 7) is 2.40. The molecule has 0 radical (unpaired) electrons. The van der Waals surface area contributed by atoms with Crippen molar-refractivity contribution in [3.05, 3.63) is 59.7 Å². The molecule has 3 nitrogen and oxygen atoms in total. The van der Waals surface area contributed by atoms with Crippen LogP contribution in [0.4, 0.5) is 5.69 Å². The summed E-state index contributed by atoms with van der Waals surface area (Å²) in [7, 11) is 0. The zero-order valence-corrected chi connectivity index (χ0v) is 10.1. The Morgan fingerprint density at radius 3 is 2.61 bits per heavy atom. The fourth-order valence-corrected chi connectivity index (χ4v) is 1.63. The van der Waals surface area contributed by atoms with Crippen LogP contribution in [0.15, 0.2) is 53.5 Å². The zero-order chi connectivity index (χ0) is 12.8. The minimum atomic E-state index is 0.524. The van der Waals surface area contributed by atoms with Gasteiger partial charge in [-0.05, 0) is 36.2 Å². The van der Waals surface area contributed by atoms with E-state index in [1.807, 2.05) is 43.3 Å². The number of nitrogens with zero attached hydrogens (tertiary/aromatic N) is 1. The van der Waals surface area contributed by atoms with Gasteiger partial charge >= 0.3 is 0 Å². The highest BCUT2D eigenvalue weighted by atomic mass is 16.5. The van der Waals surface area contributed by atoms with Crippen molar-refractivity contribution in [2.24, 2.45) is 4.99 Å². The number of ether oxygens (including phenoxy) is 1. The molecular formula is C15H13NO2. The summed E-state index contributed by atoms with van der Waals surface area (Å²) in [5.41, 5.74) is 2.63. The molecule has 0 saturated carbocycles. The molecule has 0 aromatic heterocycles. The number of aryl methyl sites for hydroxylation is 1. The van der Waals surface area contributed by atoms with Gasteiger partial charge in [0.25, 0.3) is 0 Å². The SMILES string of the molecule is Cc1cc(OCc2ccccc2)ccc1N=C=O. The fourth-order valence-electron chi connectivity index (χ4n) is 1.63. The topological polar surface area (TPSA) is 38.7 Å². The number of isocyanates is 1. The van der Waals surface area contributed by atoms with Gasteiger partial charge in [-0.15, -0.1) is 0 Å². The van der Waals surface area contributed by atoms with E-state index in [0.29, 0.717) is 12.3 Å². The van der Waals surface area contributed by atoms with Crippen molar-refractivity contribution in [3.63, 3.8) is 0 Å². The Bertz CT molecular complexity index is 572. The van der Waals surface area contributed by atoms with Crippen molar-refractivity contribution >= 4 is 11.8 Å². The second kappa shape index (κ2) is 5.80. The highest BCUT2D eigenvalue weighted by Crippen LogP contribution is 2.23. The molecule has 0 heterocycles. The minimum absolute atomic E-state index is 0.524. The van der Waals surface area contributed by atoms with Crippen molar-refractivity contribution in [2.45, 2.75) is 13.5 Å². The number of aliphatic imine (C=N–C) groups is 1. The molecule has 0 bridgehead atoms. The van der Waals surface area contributed by atoms with E-state index in [1.165, 1.54) is 6.08 Å². The molecule has 18 heavy (non-hydrogen) atoms. The predicted octanol–water partition coefficient (Wildman–Crippen LogP) is 3.54. The second-order valence-corrected chi connectivity index (χ2v) is 3.93. The van der Waals surface area contributed by atoms with Gasteiger partial charge in [-0.1, -0.05) is 30.3 Å². The molecule has 0 N–H and O–H groups in total. The van der Waals surface area contributed by atoms with Crippen molar-refractivity contribution < 1.29 is 9.53 Å². The molecular weight excluding hydrogens is 226 g/mol. The summed E-state index contributed by atoms with van der Waals surface area (Å²) in [4.78, 5) is 13.8. The van der Waals surface area contributed by atoms with Crippen LogP contribution in [-0.2, 0) is 11.4 Å². The van der Waals surface area contributed by atoms with E-state index in [1.54, 1.807) is 12.1 Å². The third-order valence-electron chi connectivity index (χ3n) is 2.58. The molecule has 0 atom stereocenters. The average Bonchev–Trinajstić information content (AvgIpc) is 2.41. The van der Waals surface area contributed by atoms with Gasteiger partial charge in [0, 0.05) is 0 Å². The summed E-state index contributed by atoms with van der Waals surface area (Å²) < 4.78 is 5.67. The highest BCUT2D eigenvalue weighted by Gasteiger charge is 2.00. The zero-order valence-electron chi connectivity index (χ0n) is 10.1. The number of rotatable bonds is 4. The van der Waals surface area contributed by atoms with Crippen LogP contribution < -0.4 is 4.74 Å². The Labute approximate surface area is 106 Å². The lowest BCUT2D eigenvalue weighted by Crippen LogP contribution is -1.95. The summed E-state index contributed by atoms with van der Waals surface area (Å²) in [5, 5.41) is 0. The third kappa shape index (κ3) is 3.06. The molecule has 0 aliphatic rings. The molecule has 0 amide bonds. The van der Waals surface area contributed by atoms with E-state index in [9.17, 15) is 4.79 Å². The molecule has 0 aliphatic carbocycles. The Hall–Kier alpha value is -2.38.